The highest BCUT2D eigenvalue weighted by molar-refractivity contribution is 9.10. The number of methoxy groups -OCH3 is 1. The highest BCUT2D eigenvalue weighted by atomic mass is 79.9. The minimum atomic E-state index is -0.209. The molecule has 0 aliphatic heterocycles. The van der Waals surface area contributed by atoms with Crippen LogP contribution in [0.5, 0.6) is 11.5 Å². The van der Waals surface area contributed by atoms with Crippen LogP contribution < -0.4 is 14.8 Å². The highest BCUT2D eigenvalue weighted by Crippen LogP contribution is 2.24. The molecule has 0 aromatic heterocycles. The predicted molar refractivity (Wildman–Crippen MR) is 111 cm³/mol. The molecule has 1 amide bonds. The molecule has 138 valence electrons. The number of halogens is 2. The first-order valence-corrected chi connectivity index (χ1v) is 9.34. The second-order valence-electron chi connectivity index (χ2n) is 5.74. The topological polar surface area (TPSA) is 47.6 Å². The van der Waals surface area contributed by atoms with Crippen molar-refractivity contribution in [2.75, 3.05) is 12.4 Å². The molecule has 3 aromatic rings. The van der Waals surface area contributed by atoms with Crippen molar-refractivity contribution in [2.24, 2.45) is 0 Å². The minimum absolute atomic E-state index is 0.209. The largest absolute Gasteiger partial charge is 0.496 e. The van der Waals surface area contributed by atoms with E-state index in [4.69, 9.17) is 21.1 Å². The number of carbonyl (C=O) groups excluding carboxylic acids is 1. The Bertz CT molecular complexity index is 962. The molecule has 0 spiro atoms. The summed E-state index contributed by atoms with van der Waals surface area (Å²) in [5.74, 6) is 1.09. The van der Waals surface area contributed by atoms with Crippen molar-refractivity contribution < 1.29 is 14.3 Å². The molecule has 0 unspecified atom stereocenters. The number of ether oxygens (including phenoxy) is 2. The van der Waals surface area contributed by atoms with Gasteiger partial charge in [0.1, 0.15) is 18.1 Å². The minimum Gasteiger partial charge on any atom is -0.496 e. The van der Waals surface area contributed by atoms with Crippen molar-refractivity contribution in [1.29, 1.82) is 0 Å². The van der Waals surface area contributed by atoms with E-state index >= 15 is 0 Å². The molecule has 0 radical (unpaired) electrons. The van der Waals surface area contributed by atoms with E-state index in [1.165, 1.54) is 0 Å². The zero-order chi connectivity index (χ0) is 19.2. The van der Waals surface area contributed by atoms with Gasteiger partial charge in [-0.1, -0.05) is 39.7 Å². The van der Waals surface area contributed by atoms with Crippen LogP contribution >= 0.6 is 27.5 Å². The van der Waals surface area contributed by atoms with Gasteiger partial charge in [-0.15, -0.1) is 0 Å². The smallest absolute Gasteiger partial charge is 0.255 e. The van der Waals surface area contributed by atoms with Gasteiger partial charge in [0.15, 0.2) is 0 Å². The summed E-state index contributed by atoms with van der Waals surface area (Å²) in [5, 5.41) is 3.48. The maximum atomic E-state index is 12.6. The average molecular weight is 447 g/mol. The van der Waals surface area contributed by atoms with Crippen LogP contribution in [-0.4, -0.2) is 13.0 Å². The van der Waals surface area contributed by atoms with Gasteiger partial charge in [0.25, 0.3) is 5.91 Å². The molecule has 27 heavy (non-hydrogen) atoms. The number of hydrogen-bond donors (Lipinski definition) is 1. The Kier molecular flexibility index (Phi) is 6.37. The fraction of sp³-hybridized carbons (Fsp3) is 0.0952. The Morgan fingerprint density at radius 1 is 1.07 bits per heavy atom. The number of hydrogen-bond acceptors (Lipinski definition) is 3. The first kappa shape index (κ1) is 19.3. The molecular formula is C21H17BrClNO3. The molecule has 0 aliphatic carbocycles. The molecule has 4 nitrogen and oxygen atoms in total. The van der Waals surface area contributed by atoms with Crippen molar-refractivity contribution in [3.63, 3.8) is 0 Å². The van der Waals surface area contributed by atoms with Crippen molar-refractivity contribution in [3.8, 4) is 11.5 Å². The van der Waals surface area contributed by atoms with Gasteiger partial charge in [0.05, 0.1) is 7.11 Å². The van der Waals surface area contributed by atoms with E-state index in [0.29, 0.717) is 27.8 Å². The van der Waals surface area contributed by atoms with E-state index < -0.39 is 0 Å². The summed E-state index contributed by atoms with van der Waals surface area (Å²) in [6, 6.07) is 19.8. The third kappa shape index (κ3) is 5.25. The van der Waals surface area contributed by atoms with E-state index in [1.54, 1.807) is 37.4 Å². The Hall–Kier alpha value is -2.50. The summed E-state index contributed by atoms with van der Waals surface area (Å²) >= 11 is 9.37. The number of nitrogens with one attached hydrogen (secondary N) is 1. The molecule has 0 fully saturated rings. The van der Waals surface area contributed by atoms with E-state index in [-0.39, 0.29) is 12.5 Å². The lowest BCUT2D eigenvalue weighted by molar-refractivity contribution is 0.102. The third-order valence-electron chi connectivity index (χ3n) is 3.82. The summed E-state index contributed by atoms with van der Waals surface area (Å²) in [6.45, 7) is 0.252. The van der Waals surface area contributed by atoms with Crippen LogP contribution in [0.15, 0.2) is 71.2 Å². The van der Waals surface area contributed by atoms with Crippen molar-refractivity contribution in [1.82, 2.24) is 0 Å². The molecule has 0 bridgehead atoms. The van der Waals surface area contributed by atoms with Gasteiger partial charge in [0.2, 0.25) is 0 Å². The van der Waals surface area contributed by atoms with Crippen LogP contribution in [0, 0.1) is 0 Å². The molecule has 0 saturated carbocycles. The lowest BCUT2D eigenvalue weighted by Crippen LogP contribution is -2.12. The monoisotopic (exact) mass is 445 g/mol. The fourth-order valence-electron chi connectivity index (χ4n) is 2.52. The second kappa shape index (κ2) is 8.93. The van der Waals surface area contributed by atoms with Crippen LogP contribution in [0.4, 0.5) is 5.69 Å². The van der Waals surface area contributed by atoms with Gasteiger partial charge < -0.3 is 14.8 Å². The maximum Gasteiger partial charge on any atom is 0.255 e. The molecule has 3 aromatic carbocycles. The maximum absolute atomic E-state index is 12.6. The summed E-state index contributed by atoms with van der Waals surface area (Å²) in [6.07, 6.45) is 0. The number of amides is 1. The fourth-order valence-corrected chi connectivity index (χ4v) is 3.10. The molecule has 1 N–H and O–H groups in total. The summed E-state index contributed by atoms with van der Waals surface area (Å²) in [5.41, 5.74) is 1.99. The lowest BCUT2D eigenvalue weighted by Gasteiger charge is -2.13. The van der Waals surface area contributed by atoms with Crippen molar-refractivity contribution >= 4 is 39.1 Å². The summed E-state index contributed by atoms with van der Waals surface area (Å²) in [7, 11) is 1.58. The van der Waals surface area contributed by atoms with Crippen LogP contribution in [0.25, 0.3) is 0 Å². The van der Waals surface area contributed by atoms with Gasteiger partial charge >= 0.3 is 0 Å². The van der Waals surface area contributed by atoms with Crippen molar-refractivity contribution in [3.05, 3.63) is 87.4 Å². The van der Waals surface area contributed by atoms with Crippen LogP contribution in [0.3, 0.4) is 0 Å². The molecule has 0 aliphatic rings. The molecule has 0 atom stereocenters. The Balaban J connectivity index is 1.77. The molecular weight excluding hydrogens is 430 g/mol. The van der Waals surface area contributed by atoms with Crippen LogP contribution in [0.1, 0.15) is 15.9 Å². The van der Waals surface area contributed by atoms with Crippen molar-refractivity contribution in [2.45, 2.75) is 6.61 Å². The van der Waals surface area contributed by atoms with E-state index in [2.05, 4.69) is 21.2 Å². The van der Waals surface area contributed by atoms with Crippen LogP contribution in [-0.2, 0) is 6.61 Å². The Labute approximate surface area is 171 Å². The summed E-state index contributed by atoms with van der Waals surface area (Å²) in [4.78, 5) is 12.6. The molecule has 6 heteroatoms. The number of carbonyl (C=O) groups is 1. The predicted octanol–water partition coefficient (Wildman–Crippen LogP) is 5.94. The third-order valence-corrected chi connectivity index (χ3v) is 4.54. The van der Waals surface area contributed by atoms with Gasteiger partial charge in [-0.2, -0.15) is 0 Å². The van der Waals surface area contributed by atoms with Crippen LogP contribution in [0.2, 0.25) is 5.02 Å². The Morgan fingerprint density at radius 2 is 1.89 bits per heavy atom. The normalized spacial score (nSPS) is 10.3. The van der Waals surface area contributed by atoms with Gasteiger partial charge in [-0.3, -0.25) is 4.79 Å². The first-order chi connectivity index (χ1) is 13.0. The molecule has 0 heterocycles. The Morgan fingerprint density at radius 3 is 2.63 bits per heavy atom. The number of benzene rings is 3. The zero-order valence-corrected chi connectivity index (χ0v) is 16.9. The quantitative estimate of drug-likeness (QED) is 0.509. The standard InChI is InChI=1S/C21H17BrClNO3/c1-26-20-9-8-14(21(25)24-18-6-2-4-16(22)11-18)10-15(20)13-27-19-7-3-5-17(23)12-19/h2-12H,13H2,1H3,(H,24,25). The first-order valence-electron chi connectivity index (χ1n) is 8.17. The second-order valence-corrected chi connectivity index (χ2v) is 7.09. The number of rotatable bonds is 6. The zero-order valence-electron chi connectivity index (χ0n) is 14.5. The molecule has 3 rings (SSSR count). The molecule has 0 saturated heterocycles. The number of anilines is 1. The summed E-state index contributed by atoms with van der Waals surface area (Å²) < 4.78 is 12.1. The average Bonchev–Trinajstić information content (AvgIpc) is 2.66. The lowest BCUT2D eigenvalue weighted by atomic mass is 10.1. The van der Waals surface area contributed by atoms with E-state index in [1.807, 2.05) is 36.4 Å². The van der Waals surface area contributed by atoms with E-state index in [9.17, 15) is 4.79 Å². The van der Waals surface area contributed by atoms with Gasteiger partial charge in [-0.05, 0) is 54.6 Å². The van der Waals surface area contributed by atoms with Gasteiger partial charge in [-0.25, -0.2) is 0 Å². The SMILES string of the molecule is COc1ccc(C(=O)Nc2cccc(Br)c2)cc1COc1cccc(Cl)c1. The van der Waals surface area contributed by atoms with E-state index in [0.717, 1.165) is 10.0 Å². The highest BCUT2D eigenvalue weighted by Gasteiger charge is 2.12. The van der Waals surface area contributed by atoms with Gasteiger partial charge in [0, 0.05) is 26.3 Å².